The molecule has 1 rings (SSSR count). The van der Waals surface area contributed by atoms with E-state index in [0.29, 0.717) is 0 Å². The standard InChI is InChI=1S/C7H7F3N/c1-5-2-3-6(11-4-5)7(8,9)10/h3,11H,4H2,1H3. The third-order valence-electron chi connectivity index (χ3n) is 1.31. The third-order valence-corrected chi connectivity index (χ3v) is 1.31. The van der Waals surface area contributed by atoms with E-state index in [2.05, 4.69) is 11.4 Å². The summed E-state index contributed by atoms with van der Waals surface area (Å²) in [6.45, 7) is 1.95. The van der Waals surface area contributed by atoms with Gasteiger partial charge < -0.3 is 5.32 Å². The Kier molecular flexibility index (Phi) is 1.93. The van der Waals surface area contributed by atoms with E-state index in [9.17, 15) is 13.2 Å². The summed E-state index contributed by atoms with van der Waals surface area (Å²) >= 11 is 0. The van der Waals surface area contributed by atoms with Gasteiger partial charge in [0.25, 0.3) is 0 Å². The quantitative estimate of drug-likeness (QED) is 0.572. The Hall–Kier alpha value is -0.930. The highest BCUT2D eigenvalue weighted by Gasteiger charge is 2.33. The zero-order valence-corrected chi connectivity index (χ0v) is 5.92. The maximum Gasteiger partial charge on any atom is 0.430 e. The van der Waals surface area contributed by atoms with Crippen molar-refractivity contribution in [3.05, 3.63) is 23.4 Å². The topological polar surface area (TPSA) is 12.0 Å². The largest absolute Gasteiger partial charge is 0.430 e. The molecule has 1 heterocycles. The van der Waals surface area contributed by atoms with Crippen molar-refractivity contribution in [3.8, 4) is 0 Å². The van der Waals surface area contributed by atoms with Gasteiger partial charge in [-0.2, -0.15) is 13.2 Å². The van der Waals surface area contributed by atoms with E-state index >= 15 is 0 Å². The number of halogens is 3. The second kappa shape index (κ2) is 2.60. The van der Waals surface area contributed by atoms with Gasteiger partial charge >= 0.3 is 6.18 Å². The van der Waals surface area contributed by atoms with Crippen LogP contribution in [-0.4, -0.2) is 12.7 Å². The second-order valence-corrected chi connectivity index (χ2v) is 2.33. The van der Waals surface area contributed by atoms with Gasteiger partial charge in [0.05, 0.1) is 0 Å². The molecule has 0 unspecified atom stereocenters. The van der Waals surface area contributed by atoms with Gasteiger partial charge in [0.2, 0.25) is 0 Å². The van der Waals surface area contributed by atoms with Gasteiger partial charge in [-0.25, -0.2) is 0 Å². The summed E-state index contributed by atoms with van der Waals surface area (Å²) in [4.78, 5) is 0. The van der Waals surface area contributed by atoms with E-state index in [4.69, 9.17) is 0 Å². The van der Waals surface area contributed by atoms with Crippen molar-refractivity contribution in [3.63, 3.8) is 0 Å². The van der Waals surface area contributed by atoms with E-state index in [-0.39, 0.29) is 6.54 Å². The van der Waals surface area contributed by atoms with Crippen LogP contribution < -0.4 is 5.32 Å². The maximum absolute atomic E-state index is 11.9. The first-order valence-corrected chi connectivity index (χ1v) is 3.10. The molecule has 11 heavy (non-hydrogen) atoms. The van der Waals surface area contributed by atoms with Crippen molar-refractivity contribution in [1.82, 2.24) is 5.32 Å². The Morgan fingerprint density at radius 2 is 2.18 bits per heavy atom. The predicted molar refractivity (Wildman–Crippen MR) is 34.6 cm³/mol. The predicted octanol–water partition coefficient (Wildman–Crippen LogP) is 1.79. The van der Waals surface area contributed by atoms with Crippen molar-refractivity contribution in [2.75, 3.05) is 6.54 Å². The molecule has 61 valence electrons. The minimum atomic E-state index is -4.27. The van der Waals surface area contributed by atoms with Crippen molar-refractivity contribution in [1.29, 1.82) is 0 Å². The lowest BCUT2D eigenvalue weighted by molar-refractivity contribution is -0.0967. The number of alkyl halides is 3. The summed E-state index contributed by atoms with van der Waals surface area (Å²) < 4.78 is 35.7. The van der Waals surface area contributed by atoms with Crippen LogP contribution in [0, 0.1) is 6.08 Å². The van der Waals surface area contributed by atoms with Crippen molar-refractivity contribution >= 4 is 0 Å². The van der Waals surface area contributed by atoms with Gasteiger partial charge in [-0.15, -0.1) is 0 Å². The fourth-order valence-corrected chi connectivity index (χ4v) is 0.707. The lowest BCUT2D eigenvalue weighted by atomic mass is 10.2. The minimum absolute atomic E-state index is 0.228. The molecule has 0 aromatic heterocycles. The zero-order valence-electron chi connectivity index (χ0n) is 5.92. The number of hydrogen-bond acceptors (Lipinski definition) is 1. The number of nitrogens with one attached hydrogen (secondary N) is 1. The molecule has 1 nitrogen and oxygen atoms in total. The first-order valence-electron chi connectivity index (χ1n) is 3.10. The molecule has 1 aliphatic rings. The normalized spacial score (nSPS) is 18.5. The molecule has 0 spiro atoms. The smallest absolute Gasteiger partial charge is 0.377 e. The molecule has 0 saturated carbocycles. The Balaban J connectivity index is 2.77. The van der Waals surface area contributed by atoms with Crippen LogP contribution in [0.3, 0.4) is 0 Å². The van der Waals surface area contributed by atoms with Crippen molar-refractivity contribution in [2.24, 2.45) is 0 Å². The molecule has 0 amide bonds. The van der Waals surface area contributed by atoms with Gasteiger partial charge in [-0.1, -0.05) is 0 Å². The molecular weight excluding hydrogens is 155 g/mol. The Morgan fingerprint density at radius 3 is 2.55 bits per heavy atom. The molecule has 0 aromatic rings. The molecule has 0 saturated heterocycles. The maximum atomic E-state index is 11.9. The van der Waals surface area contributed by atoms with Gasteiger partial charge in [0.1, 0.15) is 5.70 Å². The molecule has 1 N–H and O–H groups in total. The van der Waals surface area contributed by atoms with Gasteiger partial charge in [0.15, 0.2) is 0 Å². The minimum Gasteiger partial charge on any atom is -0.377 e. The van der Waals surface area contributed by atoms with Crippen LogP contribution in [0.5, 0.6) is 0 Å². The molecule has 1 aliphatic heterocycles. The monoisotopic (exact) mass is 162 g/mol. The summed E-state index contributed by atoms with van der Waals surface area (Å²) in [7, 11) is 0. The summed E-state index contributed by atoms with van der Waals surface area (Å²) in [5.74, 6) is 0. The fourth-order valence-electron chi connectivity index (χ4n) is 0.707. The van der Waals surface area contributed by atoms with Gasteiger partial charge in [0, 0.05) is 6.54 Å². The number of rotatable bonds is 0. The Morgan fingerprint density at radius 1 is 1.55 bits per heavy atom. The highest BCUT2D eigenvalue weighted by atomic mass is 19.4. The van der Waals surface area contributed by atoms with E-state index in [0.717, 1.165) is 11.6 Å². The average Bonchev–Trinajstić information content (AvgIpc) is 1.86. The molecule has 0 bridgehead atoms. The number of hydrogen-bond donors (Lipinski definition) is 1. The van der Waals surface area contributed by atoms with E-state index in [1.807, 2.05) is 0 Å². The van der Waals surface area contributed by atoms with Crippen LogP contribution >= 0.6 is 0 Å². The number of allylic oxidation sites excluding steroid dienone is 3. The van der Waals surface area contributed by atoms with Crippen LogP contribution in [-0.2, 0) is 0 Å². The molecule has 0 atom stereocenters. The van der Waals surface area contributed by atoms with E-state index < -0.39 is 11.9 Å². The van der Waals surface area contributed by atoms with Crippen LogP contribution in [0.15, 0.2) is 17.3 Å². The van der Waals surface area contributed by atoms with Crippen LogP contribution in [0.1, 0.15) is 6.92 Å². The van der Waals surface area contributed by atoms with Crippen LogP contribution in [0.25, 0.3) is 0 Å². The van der Waals surface area contributed by atoms with Crippen LogP contribution in [0.2, 0.25) is 0 Å². The third kappa shape index (κ3) is 2.00. The Bertz CT molecular complexity index is 212. The fraction of sp³-hybridized carbons (Fsp3) is 0.429. The highest BCUT2D eigenvalue weighted by molar-refractivity contribution is 5.20. The molecule has 0 aromatic carbocycles. The van der Waals surface area contributed by atoms with E-state index in [1.165, 1.54) is 0 Å². The van der Waals surface area contributed by atoms with Crippen LogP contribution in [0.4, 0.5) is 13.2 Å². The first-order chi connectivity index (χ1) is 5.00. The first kappa shape index (κ1) is 8.17. The van der Waals surface area contributed by atoms with Gasteiger partial charge in [-0.05, 0) is 24.6 Å². The lowest BCUT2D eigenvalue weighted by Gasteiger charge is -2.16. The SMILES string of the molecule is CC1=[C]C=C(C(F)(F)F)NC1. The summed E-state index contributed by atoms with van der Waals surface area (Å²) in [6, 6.07) is 0. The average molecular weight is 162 g/mol. The number of dihydropyridines is 1. The molecular formula is C7H7F3N. The molecule has 4 heteroatoms. The Labute approximate surface area is 62.6 Å². The zero-order chi connectivity index (χ0) is 8.48. The second-order valence-electron chi connectivity index (χ2n) is 2.33. The summed E-state index contributed by atoms with van der Waals surface area (Å²) in [5.41, 5.74) is 0.0566. The summed E-state index contributed by atoms with van der Waals surface area (Å²) in [5, 5.41) is 2.25. The molecule has 0 fully saturated rings. The highest BCUT2D eigenvalue weighted by Crippen LogP contribution is 2.24. The molecule has 0 aliphatic carbocycles. The van der Waals surface area contributed by atoms with Gasteiger partial charge in [-0.3, -0.25) is 0 Å². The van der Waals surface area contributed by atoms with E-state index in [1.54, 1.807) is 6.92 Å². The summed E-state index contributed by atoms with van der Waals surface area (Å²) in [6.07, 6.45) is -0.830. The van der Waals surface area contributed by atoms with Crippen molar-refractivity contribution in [2.45, 2.75) is 13.1 Å². The van der Waals surface area contributed by atoms with Crippen molar-refractivity contribution < 1.29 is 13.2 Å². The molecule has 1 radical (unpaired) electrons. The lowest BCUT2D eigenvalue weighted by Crippen LogP contribution is -2.29.